The first kappa shape index (κ1) is 11.4. The summed E-state index contributed by atoms with van der Waals surface area (Å²) in [7, 11) is 0. The predicted octanol–water partition coefficient (Wildman–Crippen LogP) is 1.05. The molecule has 1 fully saturated rings. The van der Waals surface area contributed by atoms with E-state index in [9.17, 15) is 0 Å². The van der Waals surface area contributed by atoms with Gasteiger partial charge in [-0.1, -0.05) is 0 Å². The Labute approximate surface area is 95.5 Å². The van der Waals surface area contributed by atoms with Gasteiger partial charge in [0.25, 0.3) is 0 Å². The van der Waals surface area contributed by atoms with E-state index in [1.165, 1.54) is 6.42 Å². The third-order valence-electron chi connectivity index (χ3n) is 2.66. The van der Waals surface area contributed by atoms with Crippen molar-refractivity contribution < 1.29 is 9.47 Å². The highest BCUT2D eigenvalue weighted by atomic mass is 16.5. The van der Waals surface area contributed by atoms with E-state index in [1.807, 2.05) is 10.9 Å². The molecule has 2 heterocycles. The van der Waals surface area contributed by atoms with Crippen molar-refractivity contribution in [2.75, 3.05) is 25.6 Å². The summed E-state index contributed by atoms with van der Waals surface area (Å²) < 4.78 is 12.8. The largest absolute Gasteiger partial charge is 0.382 e. The lowest BCUT2D eigenvalue weighted by Crippen LogP contribution is -2.15. The highest BCUT2D eigenvalue weighted by molar-refractivity contribution is 5.23. The molecule has 90 valence electrons. The van der Waals surface area contributed by atoms with Crippen molar-refractivity contribution in [3.8, 4) is 0 Å². The van der Waals surface area contributed by atoms with Gasteiger partial charge in [0.05, 0.1) is 12.7 Å². The van der Waals surface area contributed by atoms with Crippen molar-refractivity contribution in [3.63, 3.8) is 0 Å². The standard InChI is InChI=1S/C11H19N3O2/c12-11-4-6-14(13-11)5-2-7-15-9-10-3-1-8-16-10/h4,6,10H,1-3,5,7-9H2,(H2,12,13). The fourth-order valence-corrected chi connectivity index (χ4v) is 1.82. The van der Waals surface area contributed by atoms with Crippen LogP contribution in [0.5, 0.6) is 0 Å². The second-order valence-electron chi connectivity index (χ2n) is 4.07. The maximum Gasteiger partial charge on any atom is 0.145 e. The Morgan fingerprint density at radius 3 is 3.25 bits per heavy atom. The van der Waals surface area contributed by atoms with E-state index >= 15 is 0 Å². The van der Waals surface area contributed by atoms with Gasteiger partial charge in [0.1, 0.15) is 5.82 Å². The number of rotatable bonds is 6. The Balaban J connectivity index is 1.51. The van der Waals surface area contributed by atoms with Gasteiger partial charge in [0.15, 0.2) is 0 Å². The van der Waals surface area contributed by atoms with Crippen LogP contribution >= 0.6 is 0 Å². The summed E-state index contributed by atoms with van der Waals surface area (Å²) in [6.07, 6.45) is 5.46. The molecule has 0 radical (unpaired) electrons. The summed E-state index contributed by atoms with van der Waals surface area (Å²) in [4.78, 5) is 0. The molecule has 1 unspecified atom stereocenters. The van der Waals surface area contributed by atoms with Crippen LogP contribution in [0.25, 0.3) is 0 Å². The number of anilines is 1. The normalized spacial score (nSPS) is 20.4. The first-order valence-electron chi connectivity index (χ1n) is 5.83. The zero-order valence-corrected chi connectivity index (χ0v) is 9.47. The lowest BCUT2D eigenvalue weighted by Gasteiger charge is -2.09. The van der Waals surface area contributed by atoms with Crippen LogP contribution in [-0.4, -0.2) is 35.7 Å². The van der Waals surface area contributed by atoms with Crippen LogP contribution in [0.3, 0.4) is 0 Å². The van der Waals surface area contributed by atoms with Crippen molar-refractivity contribution in [2.24, 2.45) is 0 Å². The van der Waals surface area contributed by atoms with E-state index in [4.69, 9.17) is 15.2 Å². The summed E-state index contributed by atoms with van der Waals surface area (Å²) in [6, 6.07) is 1.80. The smallest absolute Gasteiger partial charge is 0.145 e. The van der Waals surface area contributed by atoms with Gasteiger partial charge in [-0.05, 0) is 25.3 Å². The molecule has 1 aromatic heterocycles. The number of nitrogens with zero attached hydrogens (tertiary/aromatic N) is 2. The lowest BCUT2D eigenvalue weighted by molar-refractivity contribution is 0.0156. The van der Waals surface area contributed by atoms with Crippen molar-refractivity contribution in [3.05, 3.63) is 12.3 Å². The van der Waals surface area contributed by atoms with Gasteiger partial charge in [-0.3, -0.25) is 4.68 Å². The number of nitrogens with two attached hydrogens (primary N) is 1. The van der Waals surface area contributed by atoms with Crippen LogP contribution in [-0.2, 0) is 16.0 Å². The van der Waals surface area contributed by atoms with E-state index in [-0.39, 0.29) is 0 Å². The molecular formula is C11H19N3O2. The molecule has 0 aliphatic carbocycles. The predicted molar refractivity (Wildman–Crippen MR) is 61.0 cm³/mol. The molecule has 1 aromatic rings. The minimum absolute atomic E-state index is 0.320. The maximum absolute atomic E-state index is 5.55. The molecule has 0 saturated carbocycles. The molecule has 2 N–H and O–H groups in total. The van der Waals surface area contributed by atoms with Crippen LogP contribution in [0.15, 0.2) is 12.3 Å². The molecule has 0 amide bonds. The zero-order chi connectivity index (χ0) is 11.2. The highest BCUT2D eigenvalue weighted by Crippen LogP contribution is 2.11. The minimum atomic E-state index is 0.320. The number of ether oxygens (including phenoxy) is 2. The number of hydrogen-bond acceptors (Lipinski definition) is 4. The summed E-state index contributed by atoms with van der Waals surface area (Å²) in [6.45, 7) is 3.21. The Hall–Kier alpha value is -1.07. The molecule has 1 aliphatic heterocycles. The highest BCUT2D eigenvalue weighted by Gasteiger charge is 2.14. The number of nitrogen functional groups attached to an aromatic ring is 1. The second-order valence-corrected chi connectivity index (χ2v) is 4.07. The van der Waals surface area contributed by atoms with E-state index in [0.29, 0.717) is 11.9 Å². The summed E-state index contributed by atoms with van der Waals surface area (Å²) in [5, 5.41) is 4.10. The molecule has 1 aliphatic rings. The third kappa shape index (κ3) is 3.50. The Morgan fingerprint density at radius 2 is 2.56 bits per heavy atom. The molecule has 5 heteroatoms. The van der Waals surface area contributed by atoms with Crippen LogP contribution in [0.1, 0.15) is 19.3 Å². The molecule has 5 nitrogen and oxygen atoms in total. The zero-order valence-electron chi connectivity index (χ0n) is 9.47. The van der Waals surface area contributed by atoms with Crippen LogP contribution in [0.2, 0.25) is 0 Å². The molecule has 2 rings (SSSR count). The fourth-order valence-electron chi connectivity index (χ4n) is 1.82. The average Bonchev–Trinajstić information content (AvgIpc) is 2.89. The van der Waals surface area contributed by atoms with Gasteiger partial charge in [-0.2, -0.15) is 5.10 Å². The fraction of sp³-hybridized carbons (Fsp3) is 0.727. The molecule has 1 saturated heterocycles. The van der Waals surface area contributed by atoms with E-state index in [0.717, 1.165) is 39.2 Å². The summed E-state index contributed by atoms with van der Waals surface area (Å²) in [5.41, 5.74) is 5.51. The molecule has 0 spiro atoms. The van der Waals surface area contributed by atoms with Crippen LogP contribution < -0.4 is 5.73 Å². The Morgan fingerprint density at radius 1 is 1.62 bits per heavy atom. The van der Waals surface area contributed by atoms with E-state index in [2.05, 4.69) is 5.10 Å². The Bertz CT molecular complexity index is 308. The van der Waals surface area contributed by atoms with Gasteiger partial charge in [-0.15, -0.1) is 0 Å². The van der Waals surface area contributed by atoms with Gasteiger partial charge < -0.3 is 15.2 Å². The van der Waals surface area contributed by atoms with Crippen molar-refractivity contribution >= 4 is 5.82 Å². The average molecular weight is 225 g/mol. The molecule has 0 bridgehead atoms. The number of aromatic nitrogens is 2. The van der Waals surface area contributed by atoms with Crippen LogP contribution in [0, 0.1) is 0 Å². The molecule has 16 heavy (non-hydrogen) atoms. The van der Waals surface area contributed by atoms with E-state index < -0.39 is 0 Å². The topological polar surface area (TPSA) is 62.3 Å². The number of aryl methyl sites for hydroxylation is 1. The lowest BCUT2D eigenvalue weighted by atomic mass is 10.2. The van der Waals surface area contributed by atoms with Crippen molar-refractivity contribution in [1.82, 2.24) is 9.78 Å². The van der Waals surface area contributed by atoms with Gasteiger partial charge in [0.2, 0.25) is 0 Å². The van der Waals surface area contributed by atoms with Crippen molar-refractivity contribution in [1.29, 1.82) is 0 Å². The van der Waals surface area contributed by atoms with Gasteiger partial charge in [-0.25, -0.2) is 0 Å². The number of hydrogen-bond donors (Lipinski definition) is 1. The summed E-state index contributed by atoms with van der Waals surface area (Å²) >= 11 is 0. The van der Waals surface area contributed by atoms with Crippen molar-refractivity contribution in [2.45, 2.75) is 31.9 Å². The summed E-state index contributed by atoms with van der Waals surface area (Å²) in [5.74, 6) is 0.570. The maximum atomic E-state index is 5.55. The first-order chi connectivity index (χ1) is 7.84. The second kappa shape index (κ2) is 5.86. The molecular weight excluding hydrogens is 206 g/mol. The van der Waals surface area contributed by atoms with E-state index in [1.54, 1.807) is 6.07 Å². The molecule has 1 atom stereocenters. The Kier molecular flexibility index (Phi) is 4.18. The van der Waals surface area contributed by atoms with Gasteiger partial charge in [0, 0.05) is 26.0 Å². The minimum Gasteiger partial charge on any atom is -0.382 e. The quantitative estimate of drug-likeness (QED) is 0.735. The SMILES string of the molecule is Nc1ccn(CCCOCC2CCCO2)n1. The van der Waals surface area contributed by atoms with Gasteiger partial charge >= 0.3 is 0 Å². The van der Waals surface area contributed by atoms with Crippen LogP contribution in [0.4, 0.5) is 5.82 Å². The monoisotopic (exact) mass is 225 g/mol. The first-order valence-corrected chi connectivity index (χ1v) is 5.83. The molecule has 0 aromatic carbocycles. The third-order valence-corrected chi connectivity index (χ3v) is 2.66.